The van der Waals surface area contributed by atoms with E-state index in [1.165, 1.54) is 0 Å². The maximum atomic E-state index is 3.94. The van der Waals surface area contributed by atoms with Gasteiger partial charge in [-0.2, -0.15) is 0 Å². The topological polar surface area (TPSA) is 38.7 Å². The molecule has 0 amide bonds. The minimum Gasteiger partial charge on any atom is -0.360 e. The molecule has 0 saturated carbocycles. The second kappa shape index (κ2) is 15.7. The minimum atomic E-state index is 0. The van der Waals surface area contributed by atoms with Crippen molar-refractivity contribution in [3.05, 3.63) is 165 Å². The molecular formula is C33H24IrN3. The summed E-state index contributed by atoms with van der Waals surface area (Å²) < 4.78 is 0. The quantitative estimate of drug-likeness (QED) is 0.184. The van der Waals surface area contributed by atoms with Gasteiger partial charge in [0.05, 0.1) is 0 Å². The van der Waals surface area contributed by atoms with Crippen molar-refractivity contribution in [3.8, 4) is 33.4 Å². The van der Waals surface area contributed by atoms with Gasteiger partial charge < -0.3 is 15.0 Å². The van der Waals surface area contributed by atoms with E-state index in [0.717, 1.165) is 33.4 Å². The minimum absolute atomic E-state index is 0. The third-order valence-electron chi connectivity index (χ3n) is 5.08. The smallest absolute Gasteiger partial charge is 0.360 e. The van der Waals surface area contributed by atoms with Crippen LogP contribution in [-0.4, -0.2) is 15.0 Å². The van der Waals surface area contributed by atoms with Crippen LogP contribution in [0.3, 0.4) is 0 Å². The predicted octanol–water partition coefficient (Wildman–Crippen LogP) is 7.64. The Balaban J connectivity index is 0.000000152. The zero-order valence-electron chi connectivity index (χ0n) is 20.0. The van der Waals surface area contributed by atoms with E-state index in [9.17, 15) is 0 Å². The van der Waals surface area contributed by atoms with Gasteiger partial charge in [-0.15, -0.1) is 53.1 Å². The molecule has 3 aromatic carbocycles. The first kappa shape index (κ1) is 27.3. The Morgan fingerprint density at radius 2 is 0.595 bits per heavy atom. The number of pyridine rings is 3. The molecule has 0 spiro atoms. The largest absolute Gasteiger partial charge is 3.00 e. The van der Waals surface area contributed by atoms with Crippen molar-refractivity contribution in [1.82, 2.24) is 15.0 Å². The molecule has 0 saturated heterocycles. The van der Waals surface area contributed by atoms with E-state index in [1.807, 2.05) is 127 Å². The first-order valence-electron chi connectivity index (χ1n) is 11.5. The molecule has 0 aliphatic rings. The number of aromatic nitrogens is 3. The van der Waals surface area contributed by atoms with Gasteiger partial charge in [-0.25, -0.2) is 0 Å². The van der Waals surface area contributed by atoms with Crippen molar-refractivity contribution in [1.29, 1.82) is 0 Å². The maximum absolute atomic E-state index is 3.94. The van der Waals surface area contributed by atoms with Crippen LogP contribution < -0.4 is 0 Å². The third kappa shape index (κ3) is 9.05. The molecule has 0 bridgehead atoms. The second-order valence-electron chi connectivity index (χ2n) is 7.59. The average Bonchev–Trinajstić information content (AvgIpc) is 3.01. The zero-order valence-corrected chi connectivity index (χ0v) is 22.4. The Kier molecular flexibility index (Phi) is 11.6. The van der Waals surface area contributed by atoms with Crippen molar-refractivity contribution < 1.29 is 20.1 Å². The molecule has 3 heterocycles. The summed E-state index contributed by atoms with van der Waals surface area (Å²) in [6.45, 7) is 0. The number of rotatable bonds is 3. The van der Waals surface area contributed by atoms with Crippen LogP contribution in [-0.2, 0) is 20.1 Å². The number of benzene rings is 3. The van der Waals surface area contributed by atoms with Gasteiger partial charge in [0.15, 0.2) is 0 Å². The number of nitrogens with zero attached hydrogens (tertiary/aromatic N) is 3. The summed E-state index contributed by atoms with van der Waals surface area (Å²) in [5, 5.41) is 0. The summed E-state index contributed by atoms with van der Waals surface area (Å²) in [5.74, 6) is 0. The van der Waals surface area contributed by atoms with Crippen LogP contribution in [0, 0.1) is 18.6 Å². The normalized spacial score (nSPS) is 9.41. The molecule has 0 aliphatic carbocycles. The molecule has 6 rings (SSSR count). The molecular weight excluding hydrogens is 631 g/mol. The molecule has 3 nitrogen and oxygen atoms in total. The van der Waals surface area contributed by atoms with Crippen LogP contribution in [0.1, 0.15) is 0 Å². The molecule has 0 radical (unpaired) electrons. The summed E-state index contributed by atoms with van der Waals surface area (Å²) in [4.78, 5) is 11.8. The first-order chi connectivity index (χ1) is 17.9. The molecule has 0 atom stereocenters. The fourth-order valence-electron chi connectivity index (χ4n) is 3.31. The number of hydrogen-bond acceptors (Lipinski definition) is 3. The Labute approximate surface area is 232 Å². The average molecular weight is 655 g/mol. The van der Waals surface area contributed by atoms with E-state index in [-0.39, 0.29) is 20.1 Å². The van der Waals surface area contributed by atoms with E-state index in [1.54, 1.807) is 18.6 Å². The second-order valence-corrected chi connectivity index (χ2v) is 7.59. The Morgan fingerprint density at radius 3 is 0.811 bits per heavy atom. The van der Waals surface area contributed by atoms with E-state index in [0.29, 0.717) is 0 Å². The summed E-state index contributed by atoms with van der Waals surface area (Å²) in [5.41, 5.74) is 6.59. The van der Waals surface area contributed by atoms with E-state index < -0.39 is 0 Å². The zero-order chi connectivity index (χ0) is 24.7. The van der Waals surface area contributed by atoms with E-state index >= 15 is 0 Å². The van der Waals surface area contributed by atoms with Crippen molar-refractivity contribution in [2.45, 2.75) is 0 Å². The van der Waals surface area contributed by atoms with Crippen molar-refractivity contribution in [2.24, 2.45) is 0 Å². The van der Waals surface area contributed by atoms with Gasteiger partial charge in [0.1, 0.15) is 0 Å². The monoisotopic (exact) mass is 655 g/mol. The van der Waals surface area contributed by atoms with Gasteiger partial charge in [-0.1, -0.05) is 126 Å². The molecule has 180 valence electrons. The van der Waals surface area contributed by atoms with Crippen LogP contribution in [0.5, 0.6) is 0 Å². The van der Waals surface area contributed by atoms with Crippen LogP contribution in [0.4, 0.5) is 0 Å². The van der Waals surface area contributed by atoms with Crippen molar-refractivity contribution in [3.63, 3.8) is 0 Å². The van der Waals surface area contributed by atoms with Crippen LogP contribution in [0.2, 0.25) is 0 Å². The fourth-order valence-corrected chi connectivity index (χ4v) is 3.31. The maximum Gasteiger partial charge on any atom is 3.00 e. The van der Waals surface area contributed by atoms with Gasteiger partial charge in [-0.3, -0.25) is 0 Å². The molecule has 0 unspecified atom stereocenters. The Bertz CT molecular complexity index is 1090. The standard InChI is InChI=1S/3C11H8N.Ir/c3*1-2-5-10(6-3-1)11-7-4-8-12-9-11;/h3*1-8H;/q3*-1;+3. The number of hydrogen-bond donors (Lipinski definition) is 0. The van der Waals surface area contributed by atoms with Crippen LogP contribution >= 0.6 is 0 Å². The summed E-state index contributed by atoms with van der Waals surface area (Å²) >= 11 is 0. The molecule has 0 N–H and O–H groups in total. The summed E-state index contributed by atoms with van der Waals surface area (Å²) in [6, 6.07) is 42.1. The molecule has 37 heavy (non-hydrogen) atoms. The third-order valence-corrected chi connectivity index (χ3v) is 5.08. The van der Waals surface area contributed by atoms with E-state index in [2.05, 4.69) is 33.5 Å². The molecule has 0 fully saturated rings. The summed E-state index contributed by atoms with van der Waals surface area (Å²) in [6.07, 6.45) is 14.0. The van der Waals surface area contributed by atoms with Gasteiger partial charge in [0, 0.05) is 0 Å². The van der Waals surface area contributed by atoms with Gasteiger partial charge in [-0.05, 0) is 18.6 Å². The fraction of sp³-hybridized carbons (Fsp3) is 0. The van der Waals surface area contributed by atoms with Gasteiger partial charge >= 0.3 is 20.1 Å². The SMILES string of the molecule is [Ir+3].[c-]1ncccc1-c1ccccc1.[c-]1ncccc1-c1ccccc1.[c-]1ncccc1-c1ccccc1. The van der Waals surface area contributed by atoms with Crippen molar-refractivity contribution >= 4 is 0 Å². The predicted molar refractivity (Wildman–Crippen MR) is 146 cm³/mol. The van der Waals surface area contributed by atoms with Crippen LogP contribution in [0.15, 0.2) is 146 Å². The first-order valence-corrected chi connectivity index (χ1v) is 11.5. The molecule has 0 aliphatic heterocycles. The van der Waals surface area contributed by atoms with E-state index in [4.69, 9.17) is 0 Å². The molecule has 6 aromatic rings. The molecule has 3 aromatic heterocycles. The van der Waals surface area contributed by atoms with Crippen LogP contribution in [0.25, 0.3) is 33.4 Å². The van der Waals surface area contributed by atoms with Gasteiger partial charge in [0.2, 0.25) is 0 Å². The summed E-state index contributed by atoms with van der Waals surface area (Å²) in [7, 11) is 0. The van der Waals surface area contributed by atoms with Crippen molar-refractivity contribution in [2.75, 3.05) is 0 Å². The Morgan fingerprint density at radius 1 is 0.324 bits per heavy atom. The van der Waals surface area contributed by atoms with Gasteiger partial charge in [0.25, 0.3) is 0 Å². The molecule has 4 heteroatoms. The Hall–Kier alpha value is -4.24.